The predicted octanol–water partition coefficient (Wildman–Crippen LogP) is 2.17. The fourth-order valence-electron chi connectivity index (χ4n) is 3.06. The Kier molecular flexibility index (Phi) is 4.31. The van der Waals surface area contributed by atoms with E-state index in [0.29, 0.717) is 29.6 Å². The molecule has 1 saturated heterocycles. The highest BCUT2D eigenvalue weighted by molar-refractivity contribution is 5.76. The van der Waals surface area contributed by atoms with E-state index in [9.17, 15) is 4.79 Å². The molecule has 0 spiro atoms. The van der Waals surface area contributed by atoms with Gasteiger partial charge >= 0.3 is 0 Å². The highest BCUT2D eigenvalue weighted by Crippen LogP contribution is 2.50. The molecule has 1 heterocycles. The number of hydrogen-bond donors (Lipinski definition) is 2. The summed E-state index contributed by atoms with van der Waals surface area (Å²) in [6.45, 7) is 9.89. The first-order valence-electron chi connectivity index (χ1n) is 7.46. The van der Waals surface area contributed by atoms with Crippen LogP contribution < -0.4 is 10.6 Å². The highest BCUT2D eigenvalue weighted by Gasteiger charge is 2.45. The van der Waals surface area contributed by atoms with Crippen molar-refractivity contribution in [1.29, 1.82) is 0 Å². The highest BCUT2D eigenvalue weighted by atomic mass is 16.1. The molecule has 0 aromatic rings. The minimum atomic E-state index is 0.246. The van der Waals surface area contributed by atoms with E-state index in [0.717, 1.165) is 19.6 Å². The second-order valence-corrected chi connectivity index (χ2v) is 6.98. The average Bonchev–Trinajstić information content (AvgIpc) is 2.96. The standard InChI is InChI=1S/C15H28N2O/c1-11(12-5-4-6-16-9-12)7-14(18)17-10-13-8-15(13,2)3/h11-13,16H,4-10H2,1-3H3,(H,17,18). The summed E-state index contributed by atoms with van der Waals surface area (Å²) in [6.07, 6.45) is 4.48. The molecular weight excluding hydrogens is 224 g/mol. The Bertz CT molecular complexity index is 295. The summed E-state index contributed by atoms with van der Waals surface area (Å²) in [7, 11) is 0. The number of amides is 1. The van der Waals surface area contributed by atoms with Gasteiger partial charge < -0.3 is 10.6 Å². The van der Waals surface area contributed by atoms with E-state index < -0.39 is 0 Å². The summed E-state index contributed by atoms with van der Waals surface area (Å²) >= 11 is 0. The minimum absolute atomic E-state index is 0.246. The van der Waals surface area contributed by atoms with Crippen molar-refractivity contribution >= 4 is 5.91 Å². The first-order chi connectivity index (χ1) is 8.49. The van der Waals surface area contributed by atoms with E-state index >= 15 is 0 Å². The van der Waals surface area contributed by atoms with Gasteiger partial charge in [0.15, 0.2) is 0 Å². The van der Waals surface area contributed by atoms with Crippen LogP contribution in [-0.4, -0.2) is 25.5 Å². The Morgan fingerprint density at radius 3 is 2.78 bits per heavy atom. The number of nitrogens with one attached hydrogen (secondary N) is 2. The van der Waals surface area contributed by atoms with Crippen LogP contribution in [0.15, 0.2) is 0 Å². The maximum Gasteiger partial charge on any atom is 0.220 e. The molecule has 1 saturated carbocycles. The maximum absolute atomic E-state index is 11.9. The molecule has 1 aliphatic heterocycles. The van der Waals surface area contributed by atoms with Crippen LogP contribution >= 0.6 is 0 Å². The molecule has 3 atom stereocenters. The van der Waals surface area contributed by atoms with E-state index in [4.69, 9.17) is 0 Å². The second-order valence-electron chi connectivity index (χ2n) is 6.98. The first kappa shape index (κ1) is 13.9. The van der Waals surface area contributed by atoms with E-state index in [1.54, 1.807) is 0 Å². The second kappa shape index (κ2) is 5.60. The number of hydrogen-bond acceptors (Lipinski definition) is 2. The van der Waals surface area contributed by atoms with Crippen molar-refractivity contribution in [3.05, 3.63) is 0 Å². The van der Waals surface area contributed by atoms with E-state index in [2.05, 4.69) is 31.4 Å². The first-order valence-corrected chi connectivity index (χ1v) is 7.46. The van der Waals surface area contributed by atoms with Crippen LogP contribution in [-0.2, 0) is 4.79 Å². The van der Waals surface area contributed by atoms with Crippen molar-refractivity contribution in [3.63, 3.8) is 0 Å². The van der Waals surface area contributed by atoms with Crippen LogP contribution in [0.25, 0.3) is 0 Å². The van der Waals surface area contributed by atoms with Gasteiger partial charge in [0.05, 0.1) is 0 Å². The zero-order valence-electron chi connectivity index (χ0n) is 12.1. The Balaban J connectivity index is 1.64. The third kappa shape index (κ3) is 3.71. The normalized spacial score (nSPS) is 31.7. The van der Waals surface area contributed by atoms with Crippen molar-refractivity contribution in [2.24, 2.45) is 23.2 Å². The quantitative estimate of drug-likeness (QED) is 0.787. The van der Waals surface area contributed by atoms with Gasteiger partial charge in [0.25, 0.3) is 0 Å². The van der Waals surface area contributed by atoms with Gasteiger partial charge in [0, 0.05) is 13.0 Å². The number of carbonyl (C=O) groups is 1. The molecular formula is C15H28N2O. The molecule has 3 heteroatoms. The third-order valence-electron chi connectivity index (χ3n) is 4.91. The van der Waals surface area contributed by atoms with E-state index in [1.165, 1.54) is 19.3 Å². The van der Waals surface area contributed by atoms with Gasteiger partial charge in [0.2, 0.25) is 5.91 Å². The zero-order valence-corrected chi connectivity index (χ0v) is 12.1. The van der Waals surface area contributed by atoms with Crippen molar-refractivity contribution in [1.82, 2.24) is 10.6 Å². The molecule has 3 nitrogen and oxygen atoms in total. The molecule has 2 aliphatic rings. The van der Waals surface area contributed by atoms with Crippen LogP contribution in [0.5, 0.6) is 0 Å². The fourth-order valence-corrected chi connectivity index (χ4v) is 3.06. The Hall–Kier alpha value is -0.570. The topological polar surface area (TPSA) is 41.1 Å². The maximum atomic E-state index is 11.9. The SMILES string of the molecule is CC(CC(=O)NCC1CC1(C)C)C1CCCNC1. The smallest absolute Gasteiger partial charge is 0.220 e. The molecule has 1 aliphatic carbocycles. The molecule has 0 radical (unpaired) electrons. The van der Waals surface area contributed by atoms with E-state index in [-0.39, 0.29) is 5.91 Å². The van der Waals surface area contributed by atoms with Crippen molar-refractivity contribution in [2.75, 3.05) is 19.6 Å². The molecule has 2 N–H and O–H groups in total. The van der Waals surface area contributed by atoms with Crippen LogP contribution in [0.3, 0.4) is 0 Å². The molecule has 3 unspecified atom stereocenters. The van der Waals surface area contributed by atoms with Crippen molar-refractivity contribution in [2.45, 2.75) is 46.5 Å². The minimum Gasteiger partial charge on any atom is -0.356 e. The predicted molar refractivity (Wildman–Crippen MR) is 74.3 cm³/mol. The summed E-state index contributed by atoms with van der Waals surface area (Å²) in [5.41, 5.74) is 0.464. The largest absolute Gasteiger partial charge is 0.356 e. The third-order valence-corrected chi connectivity index (χ3v) is 4.91. The lowest BCUT2D eigenvalue weighted by molar-refractivity contribution is -0.122. The molecule has 0 aromatic heterocycles. The van der Waals surface area contributed by atoms with Crippen LogP contribution in [0.1, 0.15) is 46.5 Å². The van der Waals surface area contributed by atoms with Gasteiger partial charge in [-0.25, -0.2) is 0 Å². The van der Waals surface area contributed by atoms with Crippen LogP contribution in [0.2, 0.25) is 0 Å². The van der Waals surface area contributed by atoms with Gasteiger partial charge in [-0.15, -0.1) is 0 Å². The molecule has 18 heavy (non-hydrogen) atoms. The molecule has 1 amide bonds. The lowest BCUT2D eigenvalue weighted by Gasteiger charge is -2.28. The van der Waals surface area contributed by atoms with Crippen LogP contribution in [0.4, 0.5) is 0 Å². The number of carbonyl (C=O) groups excluding carboxylic acids is 1. The number of piperidine rings is 1. The van der Waals surface area contributed by atoms with Gasteiger partial charge in [-0.1, -0.05) is 20.8 Å². The average molecular weight is 252 g/mol. The Morgan fingerprint density at radius 1 is 1.50 bits per heavy atom. The summed E-state index contributed by atoms with van der Waals surface area (Å²) < 4.78 is 0. The Morgan fingerprint density at radius 2 is 2.22 bits per heavy atom. The summed E-state index contributed by atoms with van der Waals surface area (Å²) in [4.78, 5) is 11.9. The van der Waals surface area contributed by atoms with Crippen molar-refractivity contribution < 1.29 is 4.79 Å². The van der Waals surface area contributed by atoms with Gasteiger partial charge in [-0.05, 0) is 55.5 Å². The fraction of sp³-hybridized carbons (Fsp3) is 0.933. The molecule has 0 aromatic carbocycles. The summed E-state index contributed by atoms with van der Waals surface area (Å²) in [5.74, 6) is 2.13. The summed E-state index contributed by atoms with van der Waals surface area (Å²) in [5, 5.41) is 6.54. The number of rotatable bonds is 5. The summed E-state index contributed by atoms with van der Waals surface area (Å²) in [6, 6.07) is 0. The van der Waals surface area contributed by atoms with Gasteiger partial charge in [-0.2, -0.15) is 0 Å². The van der Waals surface area contributed by atoms with Crippen molar-refractivity contribution in [3.8, 4) is 0 Å². The lowest BCUT2D eigenvalue weighted by atomic mass is 9.85. The van der Waals surface area contributed by atoms with Crippen LogP contribution in [0, 0.1) is 23.2 Å². The van der Waals surface area contributed by atoms with E-state index in [1.807, 2.05) is 0 Å². The zero-order chi connectivity index (χ0) is 13.2. The molecule has 104 valence electrons. The lowest BCUT2D eigenvalue weighted by Crippen LogP contribution is -2.36. The molecule has 2 fully saturated rings. The van der Waals surface area contributed by atoms with Gasteiger partial charge in [0.1, 0.15) is 0 Å². The Labute approximate surface area is 111 Å². The molecule has 0 bridgehead atoms. The molecule has 2 rings (SSSR count). The van der Waals surface area contributed by atoms with Gasteiger partial charge in [-0.3, -0.25) is 4.79 Å². The monoisotopic (exact) mass is 252 g/mol.